The van der Waals surface area contributed by atoms with Gasteiger partial charge in [-0.1, -0.05) is 44.2 Å². The zero-order valence-electron chi connectivity index (χ0n) is 10.8. The molecule has 0 radical (unpaired) electrons. The van der Waals surface area contributed by atoms with Crippen LogP contribution < -0.4 is 5.32 Å². The van der Waals surface area contributed by atoms with Crippen LogP contribution in [0, 0.1) is 11.8 Å². The molecular weight excluding hydrogens is 312 g/mol. The lowest BCUT2D eigenvalue weighted by Crippen LogP contribution is -2.16. The lowest BCUT2D eigenvalue weighted by atomic mass is 9.81. The molecule has 1 N–H and O–H groups in total. The molecule has 0 unspecified atom stereocenters. The zero-order valence-corrected chi connectivity index (χ0v) is 13.1. The first kappa shape index (κ1) is 14.1. The summed E-state index contributed by atoms with van der Waals surface area (Å²) in [7, 11) is 0. The van der Waals surface area contributed by atoms with Crippen molar-refractivity contribution >= 4 is 33.3 Å². The van der Waals surface area contributed by atoms with Crippen molar-refractivity contribution in [2.45, 2.75) is 39.0 Å². The predicted octanol–water partition coefficient (Wildman–Crippen LogP) is 5.13. The topological polar surface area (TPSA) is 24.9 Å². The maximum Gasteiger partial charge on any atom is 0.140 e. The average molecular weight is 332 g/mol. The number of hydrogen-bond acceptors (Lipinski definition) is 2. The molecule has 100 valence electrons. The molecular formula is C14H20BrClN2. The summed E-state index contributed by atoms with van der Waals surface area (Å²) in [5.74, 6) is 2.71. The molecule has 1 aromatic rings. The van der Waals surface area contributed by atoms with E-state index in [0.29, 0.717) is 5.02 Å². The Balaban J connectivity index is 1.75. The van der Waals surface area contributed by atoms with E-state index in [-0.39, 0.29) is 0 Å². The highest BCUT2D eigenvalue weighted by Gasteiger charge is 2.17. The molecule has 2 nitrogen and oxygen atoms in total. The second kappa shape index (κ2) is 6.76. The van der Waals surface area contributed by atoms with Crippen molar-refractivity contribution in [1.29, 1.82) is 0 Å². The summed E-state index contributed by atoms with van der Waals surface area (Å²) in [6.45, 7) is 3.36. The Morgan fingerprint density at radius 2 is 2.11 bits per heavy atom. The van der Waals surface area contributed by atoms with E-state index in [0.717, 1.165) is 28.7 Å². The molecule has 0 aliphatic heterocycles. The Kier molecular flexibility index (Phi) is 5.31. The first-order valence-corrected chi connectivity index (χ1v) is 7.87. The van der Waals surface area contributed by atoms with E-state index in [9.17, 15) is 0 Å². The number of anilines is 1. The van der Waals surface area contributed by atoms with Crippen molar-refractivity contribution in [2.24, 2.45) is 11.8 Å². The molecule has 0 atom stereocenters. The van der Waals surface area contributed by atoms with Crippen LogP contribution >= 0.6 is 27.5 Å². The molecule has 4 heteroatoms. The van der Waals surface area contributed by atoms with Gasteiger partial charge in [-0.3, -0.25) is 0 Å². The number of halogens is 2. The number of hydrogen-bond donors (Lipinski definition) is 1. The van der Waals surface area contributed by atoms with Crippen molar-refractivity contribution in [1.82, 2.24) is 4.98 Å². The summed E-state index contributed by atoms with van der Waals surface area (Å²) < 4.78 is 0.937. The number of nitrogens with one attached hydrogen (secondary N) is 1. The van der Waals surface area contributed by atoms with E-state index in [1.165, 1.54) is 32.1 Å². The Labute approximate surface area is 123 Å². The standard InChI is InChI=1S/C14H20BrClN2/c1-10-2-4-11(5-3-10)6-7-17-14-13(15)8-12(16)9-18-14/h8-11H,2-7H2,1H3,(H,17,18). The van der Waals surface area contributed by atoms with Crippen LogP contribution in [0.15, 0.2) is 16.7 Å². The van der Waals surface area contributed by atoms with Crippen LogP contribution in [-0.4, -0.2) is 11.5 Å². The fraction of sp³-hybridized carbons (Fsp3) is 0.643. The predicted molar refractivity (Wildman–Crippen MR) is 81.2 cm³/mol. The molecule has 1 saturated carbocycles. The quantitative estimate of drug-likeness (QED) is 0.827. The zero-order chi connectivity index (χ0) is 13.0. The van der Waals surface area contributed by atoms with Crippen molar-refractivity contribution < 1.29 is 0 Å². The monoisotopic (exact) mass is 330 g/mol. The second-order valence-electron chi connectivity index (χ2n) is 5.33. The minimum absolute atomic E-state index is 0.661. The van der Waals surface area contributed by atoms with Gasteiger partial charge in [0.05, 0.1) is 9.50 Å². The number of nitrogens with zero attached hydrogens (tertiary/aromatic N) is 1. The van der Waals surface area contributed by atoms with Gasteiger partial charge in [0.1, 0.15) is 5.82 Å². The normalized spacial score (nSPS) is 23.9. The maximum absolute atomic E-state index is 5.87. The molecule has 0 spiro atoms. The molecule has 0 aromatic carbocycles. The highest BCUT2D eigenvalue weighted by Crippen LogP contribution is 2.30. The van der Waals surface area contributed by atoms with Crippen LogP contribution in [0.25, 0.3) is 0 Å². The van der Waals surface area contributed by atoms with Gasteiger partial charge in [-0.2, -0.15) is 0 Å². The molecule has 0 bridgehead atoms. The van der Waals surface area contributed by atoms with Crippen molar-refractivity contribution in [3.8, 4) is 0 Å². The first-order chi connectivity index (χ1) is 8.65. The fourth-order valence-electron chi connectivity index (χ4n) is 2.56. The summed E-state index contributed by atoms with van der Waals surface area (Å²) in [6, 6.07) is 1.87. The molecule has 2 rings (SSSR count). The van der Waals surface area contributed by atoms with E-state index >= 15 is 0 Å². The van der Waals surface area contributed by atoms with Gasteiger partial charge in [-0.05, 0) is 40.3 Å². The SMILES string of the molecule is CC1CCC(CCNc2ncc(Cl)cc2Br)CC1. The third kappa shape index (κ3) is 4.13. The number of rotatable bonds is 4. The van der Waals surface area contributed by atoms with Crippen LogP contribution in [0.3, 0.4) is 0 Å². The minimum Gasteiger partial charge on any atom is -0.369 e. The van der Waals surface area contributed by atoms with Gasteiger partial charge in [0.15, 0.2) is 0 Å². The van der Waals surface area contributed by atoms with Crippen LogP contribution in [-0.2, 0) is 0 Å². The molecule has 1 aromatic heterocycles. The van der Waals surface area contributed by atoms with Gasteiger partial charge in [0, 0.05) is 12.7 Å². The van der Waals surface area contributed by atoms with E-state index in [1.807, 2.05) is 6.07 Å². The highest BCUT2D eigenvalue weighted by atomic mass is 79.9. The largest absolute Gasteiger partial charge is 0.369 e. The third-order valence-corrected chi connectivity index (χ3v) is 4.60. The summed E-state index contributed by atoms with van der Waals surface area (Å²) in [5, 5.41) is 4.04. The second-order valence-corrected chi connectivity index (χ2v) is 6.62. The summed E-state index contributed by atoms with van der Waals surface area (Å²) in [5.41, 5.74) is 0. The van der Waals surface area contributed by atoms with Gasteiger partial charge >= 0.3 is 0 Å². The summed E-state index contributed by atoms with van der Waals surface area (Å²) >= 11 is 9.34. The molecule has 1 aliphatic rings. The molecule has 1 fully saturated rings. The minimum atomic E-state index is 0.661. The molecule has 0 saturated heterocycles. The molecule has 0 amide bonds. The van der Waals surface area contributed by atoms with E-state index in [1.54, 1.807) is 6.20 Å². The maximum atomic E-state index is 5.87. The van der Waals surface area contributed by atoms with Crippen LogP contribution in [0.4, 0.5) is 5.82 Å². The molecule has 18 heavy (non-hydrogen) atoms. The molecule has 1 aliphatic carbocycles. The lowest BCUT2D eigenvalue weighted by Gasteiger charge is -2.26. The average Bonchev–Trinajstić information content (AvgIpc) is 2.34. The number of aromatic nitrogens is 1. The third-order valence-electron chi connectivity index (χ3n) is 3.79. The Morgan fingerprint density at radius 1 is 1.39 bits per heavy atom. The van der Waals surface area contributed by atoms with Gasteiger partial charge < -0.3 is 5.32 Å². The van der Waals surface area contributed by atoms with Crippen molar-refractivity contribution in [3.63, 3.8) is 0 Å². The number of pyridine rings is 1. The Hall–Kier alpha value is -0.280. The van der Waals surface area contributed by atoms with Crippen molar-refractivity contribution in [2.75, 3.05) is 11.9 Å². The molecule has 1 heterocycles. The highest BCUT2D eigenvalue weighted by molar-refractivity contribution is 9.10. The van der Waals surface area contributed by atoms with Crippen LogP contribution in [0.5, 0.6) is 0 Å². The van der Waals surface area contributed by atoms with E-state index in [4.69, 9.17) is 11.6 Å². The Morgan fingerprint density at radius 3 is 2.78 bits per heavy atom. The van der Waals surface area contributed by atoms with Gasteiger partial charge in [-0.25, -0.2) is 4.98 Å². The Bertz CT molecular complexity index is 389. The van der Waals surface area contributed by atoms with Crippen LogP contribution in [0.2, 0.25) is 5.02 Å². The van der Waals surface area contributed by atoms with Gasteiger partial charge in [0.2, 0.25) is 0 Å². The smallest absolute Gasteiger partial charge is 0.140 e. The van der Waals surface area contributed by atoms with Gasteiger partial charge in [-0.15, -0.1) is 0 Å². The van der Waals surface area contributed by atoms with E-state index in [2.05, 4.69) is 33.2 Å². The van der Waals surface area contributed by atoms with E-state index < -0.39 is 0 Å². The first-order valence-electron chi connectivity index (χ1n) is 6.70. The van der Waals surface area contributed by atoms with Crippen molar-refractivity contribution in [3.05, 3.63) is 21.8 Å². The summed E-state index contributed by atoms with van der Waals surface area (Å²) in [6.07, 6.45) is 8.48. The van der Waals surface area contributed by atoms with Gasteiger partial charge in [0.25, 0.3) is 0 Å². The summed E-state index contributed by atoms with van der Waals surface area (Å²) in [4.78, 5) is 4.28. The lowest BCUT2D eigenvalue weighted by molar-refractivity contribution is 0.282. The van der Waals surface area contributed by atoms with Crippen LogP contribution in [0.1, 0.15) is 39.0 Å². The fourth-order valence-corrected chi connectivity index (χ4v) is 3.34.